The molecule has 1 fully saturated rings. The zero-order valence-electron chi connectivity index (χ0n) is 19.7. The molecule has 2 aliphatic rings. The van der Waals surface area contributed by atoms with Crippen molar-refractivity contribution in [2.75, 3.05) is 26.2 Å². The third-order valence-corrected chi connectivity index (χ3v) is 6.63. The lowest BCUT2D eigenvalue weighted by atomic mass is 9.97. The molecule has 1 saturated heterocycles. The molecule has 2 aromatic carbocycles. The maximum Gasteiger partial charge on any atom is 0.278 e. The van der Waals surface area contributed by atoms with Crippen LogP contribution in [0.1, 0.15) is 28.0 Å². The zero-order valence-corrected chi connectivity index (χ0v) is 19.7. The second kappa shape index (κ2) is 9.31. The first-order chi connectivity index (χ1) is 16.5. The zero-order chi connectivity index (χ0) is 23.7. The summed E-state index contributed by atoms with van der Waals surface area (Å²) in [7, 11) is 0. The van der Waals surface area contributed by atoms with E-state index in [-0.39, 0.29) is 18.4 Å². The van der Waals surface area contributed by atoms with Crippen molar-refractivity contribution in [3.8, 4) is 0 Å². The van der Waals surface area contributed by atoms with Crippen molar-refractivity contribution in [3.63, 3.8) is 0 Å². The summed E-state index contributed by atoms with van der Waals surface area (Å²) in [5.41, 5.74) is 5.25. The van der Waals surface area contributed by atoms with Crippen LogP contribution in [0.3, 0.4) is 0 Å². The van der Waals surface area contributed by atoms with Gasteiger partial charge in [0.25, 0.3) is 11.8 Å². The highest BCUT2D eigenvalue weighted by Crippen LogP contribution is 2.35. The van der Waals surface area contributed by atoms with Crippen molar-refractivity contribution in [3.05, 3.63) is 101 Å². The maximum atomic E-state index is 13.6. The van der Waals surface area contributed by atoms with Crippen LogP contribution in [0.25, 0.3) is 5.57 Å². The second-order valence-electron chi connectivity index (χ2n) is 9.07. The summed E-state index contributed by atoms with van der Waals surface area (Å²) < 4.78 is 5.44. The fourth-order valence-corrected chi connectivity index (χ4v) is 4.87. The van der Waals surface area contributed by atoms with E-state index >= 15 is 0 Å². The molecule has 0 radical (unpaired) electrons. The first kappa shape index (κ1) is 22.2. The number of amides is 2. The van der Waals surface area contributed by atoms with Crippen LogP contribution >= 0.6 is 0 Å². The molecule has 2 amide bonds. The monoisotopic (exact) mass is 455 g/mol. The minimum Gasteiger partial charge on any atom is -0.467 e. The van der Waals surface area contributed by atoms with Crippen LogP contribution in [-0.4, -0.2) is 52.7 Å². The molecule has 6 heteroatoms. The Morgan fingerprint density at radius 1 is 0.824 bits per heavy atom. The van der Waals surface area contributed by atoms with Crippen LogP contribution in [0.4, 0.5) is 0 Å². The Morgan fingerprint density at radius 3 is 2.26 bits per heavy atom. The Hall–Kier alpha value is -3.64. The molecule has 0 spiro atoms. The first-order valence-electron chi connectivity index (χ1n) is 11.7. The molecule has 0 aliphatic carbocycles. The molecular weight excluding hydrogens is 426 g/mol. The lowest BCUT2D eigenvalue weighted by Crippen LogP contribution is -2.47. The number of carbonyl (C=O) groups is 2. The highest BCUT2D eigenvalue weighted by atomic mass is 16.3. The fraction of sp³-hybridized carbons (Fsp3) is 0.286. The number of furan rings is 1. The normalized spacial score (nSPS) is 17.2. The third kappa shape index (κ3) is 4.29. The summed E-state index contributed by atoms with van der Waals surface area (Å²) in [6, 6.07) is 20.0. The van der Waals surface area contributed by atoms with E-state index in [1.54, 1.807) is 18.4 Å². The fourth-order valence-electron chi connectivity index (χ4n) is 4.87. The molecule has 34 heavy (non-hydrogen) atoms. The number of hydrogen-bond acceptors (Lipinski definition) is 5. The van der Waals surface area contributed by atoms with Gasteiger partial charge >= 0.3 is 0 Å². The van der Waals surface area contributed by atoms with Gasteiger partial charge in [0.05, 0.1) is 18.4 Å². The number of piperazine rings is 1. The van der Waals surface area contributed by atoms with Gasteiger partial charge in [-0.25, -0.2) is 0 Å². The number of nitrogens with zero attached hydrogens (tertiary/aromatic N) is 3. The number of carbonyl (C=O) groups excluding carboxylic acids is 2. The lowest BCUT2D eigenvalue weighted by Gasteiger charge is -2.36. The standard InChI is InChI=1S/C28H29N3O3/c1-20-10-11-24(21(2)17-20)25-26(28(33)31(27(25)32)19-23-9-6-16-34-23)30-14-12-29(13-15-30)18-22-7-4-3-5-8-22/h3-11,16-17H,12-15,18-19H2,1-2H3. The van der Waals surface area contributed by atoms with Gasteiger partial charge in [-0.3, -0.25) is 19.4 Å². The van der Waals surface area contributed by atoms with Gasteiger partial charge in [-0.2, -0.15) is 0 Å². The van der Waals surface area contributed by atoms with Crippen LogP contribution in [0, 0.1) is 13.8 Å². The van der Waals surface area contributed by atoms with Gasteiger partial charge in [0.1, 0.15) is 11.5 Å². The summed E-state index contributed by atoms with van der Waals surface area (Å²) in [5, 5.41) is 0. The predicted molar refractivity (Wildman–Crippen MR) is 130 cm³/mol. The molecular formula is C28H29N3O3. The SMILES string of the molecule is Cc1ccc(C2=C(N3CCN(Cc4ccccc4)CC3)C(=O)N(Cc3ccco3)C2=O)c(C)c1. The van der Waals surface area contributed by atoms with Crippen molar-refractivity contribution < 1.29 is 14.0 Å². The van der Waals surface area contributed by atoms with E-state index in [0.717, 1.165) is 36.3 Å². The highest BCUT2D eigenvalue weighted by molar-refractivity contribution is 6.35. The van der Waals surface area contributed by atoms with Gasteiger partial charge < -0.3 is 9.32 Å². The Kier molecular flexibility index (Phi) is 6.07. The van der Waals surface area contributed by atoms with Gasteiger partial charge in [0.2, 0.25) is 0 Å². The minimum atomic E-state index is -0.255. The Morgan fingerprint density at radius 2 is 1.59 bits per heavy atom. The van der Waals surface area contributed by atoms with E-state index in [1.807, 2.05) is 32.0 Å². The molecule has 0 unspecified atom stereocenters. The van der Waals surface area contributed by atoms with Crippen LogP contribution in [-0.2, 0) is 22.7 Å². The molecule has 3 heterocycles. The first-order valence-corrected chi connectivity index (χ1v) is 11.7. The van der Waals surface area contributed by atoms with E-state index in [9.17, 15) is 9.59 Å². The number of imide groups is 1. The predicted octanol–water partition coefficient (Wildman–Crippen LogP) is 3.99. The summed E-state index contributed by atoms with van der Waals surface area (Å²) >= 11 is 0. The van der Waals surface area contributed by atoms with Crippen molar-refractivity contribution in [1.82, 2.24) is 14.7 Å². The summed E-state index contributed by atoms with van der Waals surface area (Å²) in [4.78, 5) is 33.0. The molecule has 0 N–H and O–H groups in total. The summed E-state index contributed by atoms with van der Waals surface area (Å²) in [6.07, 6.45) is 1.56. The minimum absolute atomic E-state index is 0.135. The molecule has 0 bridgehead atoms. The quantitative estimate of drug-likeness (QED) is 0.526. The molecule has 5 rings (SSSR count). The summed E-state index contributed by atoms with van der Waals surface area (Å²) in [5.74, 6) is 0.0959. The van der Waals surface area contributed by atoms with Crippen molar-refractivity contribution in [1.29, 1.82) is 0 Å². The van der Waals surface area contributed by atoms with Crippen molar-refractivity contribution in [2.45, 2.75) is 26.9 Å². The maximum absolute atomic E-state index is 13.6. The lowest BCUT2D eigenvalue weighted by molar-refractivity contribution is -0.138. The average Bonchev–Trinajstić information content (AvgIpc) is 3.43. The van der Waals surface area contributed by atoms with Crippen LogP contribution < -0.4 is 0 Å². The number of hydrogen-bond donors (Lipinski definition) is 0. The van der Waals surface area contributed by atoms with Crippen LogP contribution in [0.15, 0.2) is 77.0 Å². The van der Waals surface area contributed by atoms with Crippen molar-refractivity contribution in [2.24, 2.45) is 0 Å². The average molecular weight is 456 g/mol. The van der Waals surface area contributed by atoms with E-state index in [2.05, 4.69) is 40.1 Å². The van der Waals surface area contributed by atoms with Gasteiger partial charge in [-0.1, -0.05) is 54.1 Å². The largest absolute Gasteiger partial charge is 0.467 e. The molecule has 2 aliphatic heterocycles. The number of rotatable bonds is 6. The van der Waals surface area contributed by atoms with Gasteiger partial charge in [-0.15, -0.1) is 0 Å². The van der Waals surface area contributed by atoms with Crippen molar-refractivity contribution >= 4 is 17.4 Å². The number of aryl methyl sites for hydroxylation is 2. The van der Waals surface area contributed by atoms with Crippen LogP contribution in [0.5, 0.6) is 0 Å². The molecule has 174 valence electrons. The summed E-state index contributed by atoms with van der Waals surface area (Å²) in [6.45, 7) is 8.11. The van der Waals surface area contributed by atoms with Gasteiger partial charge in [-0.05, 0) is 42.7 Å². The molecule has 0 atom stereocenters. The van der Waals surface area contributed by atoms with Gasteiger partial charge in [0.15, 0.2) is 0 Å². The Balaban J connectivity index is 1.43. The number of benzene rings is 2. The smallest absolute Gasteiger partial charge is 0.278 e. The molecule has 0 saturated carbocycles. The highest BCUT2D eigenvalue weighted by Gasteiger charge is 2.42. The van der Waals surface area contributed by atoms with E-state index < -0.39 is 0 Å². The third-order valence-electron chi connectivity index (χ3n) is 6.63. The molecule has 1 aromatic heterocycles. The van der Waals surface area contributed by atoms with E-state index in [4.69, 9.17) is 4.42 Å². The van der Waals surface area contributed by atoms with E-state index in [1.165, 1.54) is 10.5 Å². The van der Waals surface area contributed by atoms with Crippen LogP contribution in [0.2, 0.25) is 0 Å². The van der Waals surface area contributed by atoms with Gasteiger partial charge in [0, 0.05) is 32.7 Å². The molecule has 6 nitrogen and oxygen atoms in total. The van der Waals surface area contributed by atoms with E-state index in [0.29, 0.717) is 30.1 Å². The Labute approximate surface area is 200 Å². The molecule has 3 aromatic rings. The second-order valence-corrected chi connectivity index (χ2v) is 9.07. The topological polar surface area (TPSA) is 57.0 Å². The Bertz CT molecular complexity index is 1220.